The number of benzene rings is 3. The van der Waals surface area contributed by atoms with Gasteiger partial charge >= 0.3 is 11.9 Å². The Labute approximate surface area is 214 Å². The summed E-state index contributed by atoms with van der Waals surface area (Å²) in [5, 5.41) is 3.79. The maximum absolute atomic E-state index is 13.2. The maximum Gasteiger partial charge on any atom is 0.345 e. The molecule has 0 aliphatic carbocycles. The number of primary amides is 1. The van der Waals surface area contributed by atoms with Gasteiger partial charge < -0.3 is 10.5 Å². The Kier molecular flexibility index (Phi) is 8.96. The number of halogens is 2. The van der Waals surface area contributed by atoms with Crippen molar-refractivity contribution in [2.45, 2.75) is 44.7 Å². The molecule has 8 heteroatoms. The van der Waals surface area contributed by atoms with Crippen LogP contribution in [0, 0.1) is 5.82 Å². The minimum absolute atomic E-state index is 0.0593. The molecule has 3 N–H and O–H groups in total. The van der Waals surface area contributed by atoms with E-state index in [1.807, 2.05) is 26.0 Å². The van der Waals surface area contributed by atoms with Crippen LogP contribution in [0.5, 0.6) is 0 Å². The van der Waals surface area contributed by atoms with E-state index in [-0.39, 0.29) is 24.2 Å². The zero-order chi connectivity index (χ0) is 26.3. The van der Waals surface area contributed by atoms with Gasteiger partial charge in [-0.15, -0.1) is 0 Å². The average Bonchev–Trinajstić information content (AvgIpc) is 2.83. The molecular formula is C28H28ClFN2O4. The first kappa shape index (κ1) is 27.0. The first-order valence-electron chi connectivity index (χ1n) is 11.4. The number of nitrogens with two attached hydrogens (primary N) is 1. The molecule has 0 saturated heterocycles. The minimum atomic E-state index is -0.953. The second-order valence-electron chi connectivity index (χ2n) is 9.18. The highest BCUT2D eigenvalue weighted by Gasteiger charge is 2.30. The standard InChI is InChI=1S/C28H28ClFN2O4/c1-28(2,17-18-3-13-23(30)14-4-18)32-24(15-16-25(31)33)27(35)36-26(34)21-7-5-19(6-8-21)20-9-11-22(29)12-10-20/h3-14,24,32H,15-17H2,1-2H3,(H2,31,33)/t24-/m0/s1. The van der Waals surface area contributed by atoms with Crippen LogP contribution in [0.4, 0.5) is 4.39 Å². The number of ether oxygens (including phenoxy) is 1. The summed E-state index contributed by atoms with van der Waals surface area (Å²) in [6.45, 7) is 3.72. The Morgan fingerprint density at radius 2 is 1.50 bits per heavy atom. The zero-order valence-corrected chi connectivity index (χ0v) is 20.8. The van der Waals surface area contributed by atoms with E-state index >= 15 is 0 Å². The van der Waals surface area contributed by atoms with Gasteiger partial charge in [0, 0.05) is 17.0 Å². The molecule has 0 radical (unpaired) electrons. The fourth-order valence-corrected chi connectivity index (χ4v) is 3.96. The summed E-state index contributed by atoms with van der Waals surface area (Å²) in [6, 6.07) is 19.0. The van der Waals surface area contributed by atoms with E-state index in [1.165, 1.54) is 12.1 Å². The summed E-state index contributed by atoms with van der Waals surface area (Å²) in [5.74, 6) is -2.53. The Morgan fingerprint density at radius 1 is 0.944 bits per heavy atom. The van der Waals surface area contributed by atoms with E-state index in [0.717, 1.165) is 16.7 Å². The summed E-state index contributed by atoms with van der Waals surface area (Å²) in [6.07, 6.45) is 0.459. The van der Waals surface area contributed by atoms with Gasteiger partial charge in [-0.1, -0.05) is 48.0 Å². The monoisotopic (exact) mass is 510 g/mol. The molecular weight excluding hydrogens is 483 g/mol. The third-order valence-corrected chi connectivity index (χ3v) is 5.83. The number of carbonyl (C=O) groups excluding carboxylic acids is 3. The molecule has 3 rings (SSSR count). The quantitative estimate of drug-likeness (QED) is 0.293. The first-order chi connectivity index (χ1) is 17.0. The first-order valence-corrected chi connectivity index (χ1v) is 11.8. The predicted molar refractivity (Wildman–Crippen MR) is 137 cm³/mol. The van der Waals surface area contributed by atoms with Gasteiger partial charge in [0.25, 0.3) is 0 Å². The molecule has 0 aliphatic rings. The summed E-state index contributed by atoms with van der Waals surface area (Å²) in [4.78, 5) is 36.9. The molecule has 1 amide bonds. The molecule has 3 aromatic carbocycles. The van der Waals surface area contributed by atoms with E-state index in [2.05, 4.69) is 5.32 Å². The summed E-state index contributed by atoms with van der Waals surface area (Å²) >= 11 is 5.93. The Hall–Kier alpha value is -3.55. The van der Waals surface area contributed by atoms with Crippen LogP contribution in [0.1, 0.15) is 42.6 Å². The van der Waals surface area contributed by atoms with Crippen LogP contribution in [0.3, 0.4) is 0 Å². The molecule has 3 aromatic rings. The van der Waals surface area contributed by atoms with Crippen LogP contribution in [0.15, 0.2) is 72.8 Å². The van der Waals surface area contributed by atoms with Gasteiger partial charge in [0.15, 0.2) is 0 Å². The van der Waals surface area contributed by atoms with Crippen LogP contribution >= 0.6 is 11.6 Å². The Balaban J connectivity index is 1.68. The maximum atomic E-state index is 13.2. The molecule has 188 valence electrons. The van der Waals surface area contributed by atoms with Crippen molar-refractivity contribution in [1.82, 2.24) is 5.32 Å². The second-order valence-corrected chi connectivity index (χ2v) is 9.62. The normalized spacial score (nSPS) is 12.1. The van der Waals surface area contributed by atoms with Crippen molar-refractivity contribution in [3.05, 3.63) is 94.8 Å². The van der Waals surface area contributed by atoms with Gasteiger partial charge in [-0.25, -0.2) is 14.0 Å². The lowest BCUT2D eigenvalue weighted by atomic mass is 9.93. The number of nitrogens with one attached hydrogen (secondary N) is 1. The molecule has 0 unspecified atom stereocenters. The van der Waals surface area contributed by atoms with Gasteiger partial charge in [0.05, 0.1) is 5.56 Å². The number of esters is 2. The van der Waals surface area contributed by atoms with Crippen molar-refractivity contribution in [2.24, 2.45) is 5.73 Å². The summed E-state index contributed by atoms with van der Waals surface area (Å²) < 4.78 is 18.4. The van der Waals surface area contributed by atoms with Gasteiger partial charge in [-0.3, -0.25) is 10.1 Å². The van der Waals surface area contributed by atoms with Crippen molar-refractivity contribution in [3.8, 4) is 11.1 Å². The molecule has 36 heavy (non-hydrogen) atoms. The highest BCUT2D eigenvalue weighted by atomic mass is 35.5. The largest absolute Gasteiger partial charge is 0.388 e. The van der Waals surface area contributed by atoms with Gasteiger partial charge in [-0.2, -0.15) is 0 Å². The van der Waals surface area contributed by atoms with E-state index < -0.39 is 29.4 Å². The fraction of sp³-hybridized carbons (Fsp3) is 0.250. The van der Waals surface area contributed by atoms with Crippen molar-refractivity contribution in [1.29, 1.82) is 0 Å². The van der Waals surface area contributed by atoms with Crippen LogP contribution in [0.25, 0.3) is 11.1 Å². The third-order valence-electron chi connectivity index (χ3n) is 5.58. The van der Waals surface area contributed by atoms with Crippen molar-refractivity contribution in [3.63, 3.8) is 0 Å². The molecule has 0 saturated carbocycles. The zero-order valence-electron chi connectivity index (χ0n) is 20.1. The number of hydrogen-bond donors (Lipinski definition) is 2. The molecule has 0 aromatic heterocycles. The molecule has 0 heterocycles. The van der Waals surface area contributed by atoms with Gasteiger partial charge in [0.1, 0.15) is 11.9 Å². The predicted octanol–water partition coefficient (Wildman–Crippen LogP) is 5.07. The van der Waals surface area contributed by atoms with Crippen molar-refractivity contribution < 1.29 is 23.5 Å². The molecule has 0 aliphatic heterocycles. The van der Waals surface area contributed by atoms with Gasteiger partial charge in [0.2, 0.25) is 5.91 Å². The highest BCUT2D eigenvalue weighted by molar-refractivity contribution is 6.30. The lowest BCUT2D eigenvalue weighted by Gasteiger charge is -2.31. The third kappa shape index (κ3) is 8.00. The van der Waals surface area contributed by atoms with Crippen LogP contribution in [-0.4, -0.2) is 29.4 Å². The number of hydrogen-bond acceptors (Lipinski definition) is 5. The van der Waals surface area contributed by atoms with Crippen LogP contribution in [-0.2, 0) is 20.7 Å². The molecule has 6 nitrogen and oxygen atoms in total. The van der Waals surface area contributed by atoms with E-state index in [4.69, 9.17) is 22.1 Å². The van der Waals surface area contributed by atoms with Gasteiger partial charge in [-0.05, 0) is 79.8 Å². The van der Waals surface area contributed by atoms with E-state index in [1.54, 1.807) is 48.5 Å². The number of carbonyl (C=O) groups is 3. The van der Waals surface area contributed by atoms with E-state index in [0.29, 0.717) is 11.4 Å². The Bertz CT molecular complexity index is 1210. The number of amides is 1. The lowest BCUT2D eigenvalue weighted by Crippen LogP contribution is -2.51. The second kappa shape index (κ2) is 11.9. The van der Waals surface area contributed by atoms with E-state index in [9.17, 15) is 18.8 Å². The molecule has 0 bridgehead atoms. The fourth-order valence-electron chi connectivity index (χ4n) is 3.83. The summed E-state index contributed by atoms with van der Waals surface area (Å²) in [7, 11) is 0. The SMILES string of the molecule is CC(C)(Cc1ccc(F)cc1)N[C@@H](CCC(N)=O)C(=O)OC(=O)c1ccc(-c2ccc(Cl)cc2)cc1. The highest BCUT2D eigenvalue weighted by Crippen LogP contribution is 2.22. The van der Waals surface area contributed by atoms with Crippen LogP contribution < -0.4 is 11.1 Å². The van der Waals surface area contributed by atoms with Crippen molar-refractivity contribution in [2.75, 3.05) is 0 Å². The molecule has 1 atom stereocenters. The van der Waals surface area contributed by atoms with Crippen molar-refractivity contribution >= 4 is 29.4 Å². The topological polar surface area (TPSA) is 98.5 Å². The molecule has 0 fully saturated rings. The summed E-state index contributed by atoms with van der Waals surface area (Å²) in [5.41, 5.74) is 7.50. The lowest BCUT2D eigenvalue weighted by molar-refractivity contribution is -0.141. The van der Waals surface area contributed by atoms with Crippen LogP contribution in [0.2, 0.25) is 5.02 Å². The Morgan fingerprint density at radius 3 is 2.06 bits per heavy atom. The smallest absolute Gasteiger partial charge is 0.345 e. The number of rotatable bonds is 10. The minimum Gasteiger partial charge on any atom is -0.388 e. The average molecular weight is 511 g/mol. The molecule has 0 spiro atoms.